The van der Waals surface area contributed by atoms with Gasteiger partial charge in [0.15, 0.2) is 0 Å². The Kier molecular flexibility index (Phi) is 1.06. The van der Waals surface area contributed by atoms with Gasteiger partial charge in [-0.15, -0.1) is 0 Å². The van der Waals surface area contributed by atoms with Crippen molar-refractivity contribution in [3.63, 3.8) is 0 Å². The van der Waals surface area contributed by atoms with Crippen molar-refractivity contribution in [2.45, 2.75) is 18.9 Å². The second-order valence-electron chi connectivity index (χ2n) is 3.25. The average molecular weight is 159 g/mol. The van der Waals surface area contributed by atoms with Crippen molar-refractivity contribution < 1.29 is 0 Å². The molecule has 1 fully saturated rings. The maximum atomic E-state index is 4.18. The molecule has 0 bridgehead atoms. The highest BCUT2D eigenvalue weighted by Crippen LogP contribution is 2.36. The third kappa shape index (κ3) is 0.763. The summed E-state index contributed by atoms with van der Waals surface area (Å²) in [5.74, 6) is 0. The van der Waals surface area contributed by atoms with E-state index in [1.54, 1.807) is 6.33 Å². The van der Waals surface area contributed by atoms with Gasteiger partial charge in [0.2, 0.25) is 0 Å². The fourth-order valence-corrected chi connectivity index (χ4v) is 1.56. The number of rotatable bonds is 1. The Balaban J connectivity index is 2.30. The third-order valence-corrected chi connectivity index (χ3v) is 2.33. The zero-order chi connectivity index (χ0) is 7.97. The van der Waals surface area contributed by atoms with Crippen LogP contribution < -0.4 is 0 Å². The van der Waals surface area contributed by atoms with Crippen LogP contribution in [-0.4, -0.2) is 14.5 Å². The number of hydrogen-bond donors (Lipinski definition) is 0. The van der Waals surface area contributed by atoms with Crippen LogP contribution in [0.2, 0.25) is 0 Å². The van der Waals surface area contributed by atoms with Crippen LogP contribution in [-0.2, 0) is 0 Å². The molecule has 0 spiro atoms. The van der Waals surface area contributed by atoms with Gasteiger partial charge in [-0.25, -0.2) is 9.97 Å². The Morgan fingerprint density at radius 1 is 1.42 bits per heavy atom. The van der Waals surface area contributed by atoms with Gasteiger partial charge in [0.25, 0.3) is 0 Å². The molecule has 0 aliphatic heterocycles. The molecule has 0 atom stereocenters. The number of nitrogens with zero attached hydrogens (tertiary/aromatic N) is 3. The first-order valence-corrected chi connectivity index (χ1v) is 4.22. The zero-order valence-electron chi connectivity index (χ0n) is 6.64. The maximum Gasteiger partial charge on any atom is 0.116 e. The largest absolute Gasteiger partial charge is 0.342 e. The Morgan fingerprint density at radius 3 is 3.17 bits per heavy atom. The molecule has 0 radical (unpaired) electrons. The molecule has 1 saturated carbocycles. The van der Waals surface area contributed by atoms with Crippen LogP contribution in [0.15, 0.2) is 24.8 Å². The summed E-state index contributed by atoms with van der Waals surface area (Å²) in [5.41, 5.74) is 2.22. The molecule has 0 N–H and O–H groups in total. The molecule has 0 amide bonds. The summed E-state index contributed by atoms with van der Waals surface area (Å²) in [4.78, 5) is 8.20. The van der Waals surface area contributed by atoms with Crippen molar-refractivity contribution in [3.05, 3.63) is 24.8 Å². The van der Waals surface area contributed by atoms with Crippen LogP contribution in [0.5, 0.6) is 0 Å². The standard InChI is InChI=1S/C9H9N3/c1-2-7(1)12-4-3-8-9(12)5-10-6-11-8/h3-7H,1-2H2. The van der Waals surface area contributed by atoms with Gasteiger partial charge in [-0.2, -0.15) is 0 Å². The topological polar surface area (TPSA) is 30.7 Å². The minimum atomic E-state index is 0.716. The van der Waals surface area contributed by atoms with E-state index in [4.69, 9.17) is 0 Å². The minimum Gasteiger partial charge on any atom is -0.342 e. The lowest BCUT2D eigenvalue weighted by atomic mass is 10.5. The first kappa shape index (κ1) is 6.17. The molecule has 3 nitrogen and oxygen atoms in total. The van der Waals surface area contributed by atoms with Crippen LogP contribution in [0.3, 0.4) is 0 Å². The molecular weight excluding hydrogens is 150 g/mol. The highest BCUT2D eigenvalue weighted by atomic mass is 15.1. The first-order chi connectivity index (χ1) is 5.95. The zero-order valence-corrected chi connectivity index (χ0v) is 6.64. The number of hydrogen-bond acceptors (Lipinski definition) is 2. The lowest BCUT2D eigenvalue weighted by Gasteiger charge is -1.99. The Morgan fingerprint density at radius 2 is 2.33 bits per heavy atom. The quantitative estimate of drug-likeness (QED) is 0.634. The van der Waals surface area contributed by atoms with Crippen molar-refractivity contribution in [1.29, 1.82) is 0 Å². The van der Waals surface area contributed by atoms with E-state index in [1.807, 2.05) is 6.20 Å². The summed E-state index contributed by atoms with van der Waals surface area (Å²) in [6.45, 7) is 0. The molecule has 0 unspecified atom stereocenters. The lowest BCUT2D eigenvalue weighted by molar-refractivity contribution is 0.774. The van der Waals surface area contributed by atoms with Gasteiger partial charge >= 0.3 is 0 Å². The van der Waals surface area contributed by atoms with E-state index in [9.17, 15) is 0 Å². The molecule has 3 rings (SSSR count). The molecule has 2 aromatic heterocycles. The molecule has 1 aliphatic carbocycles. The summed E-state index contributed by atoms with van der Waals surface area (Å²) in [6, 6.07) is 2.77. The van der Waals surface area contributed by atoms with Crippen LogP contribution in [0, 0.1) is 0 Å². The molecule has 12 heavy (non-hydrogen) atoms. The highest BCUT2D eigenvalue weighted by Gasteiger charge is 2.24. The summed E-state index contributed by atoms with van der Waals surface area (Å²) < 4.78 is 2.27. The van der Waals surface area contributed by atoms with E-state index in [0.717, 1.165) is 5.52 Å². The molecule has 3 heteroatoms. The molecule has 0 saturated heterocycles. The van der Waals surface area contributed by atoms with Gasteiger partial charge < -0.3 is 4.57 Å². The first-order valence-electron chi connectivity index (χ1n) is 4.22. The normalized spacial score (nSPS) is 17.0. The average Bonchev–Trinajstić information content (AvgIpc) is 2.86. The van der Waals surface area contributed by atoms with Gasteiger partial charge in [0.1, 0.15) is 6.33 Å². The fourth-order valence-electron chi connectivity index (χ4n) is 1.56. The fraction of sp³-hybridized carbons (Fsp3) is 0.333. The van der Waals surface area contributed by atoms with Crippen LogP contribution in [0.25, 0.3) is 11.0 Å². The molecule has 60 valence electrons. The predicted molar refractivity (Wildman–Crippen MR) is 45.8 cm³/mol. The van der Waals surface area contributed by atoms with Crippen molar-refractivity contribution in [1.82, 2.24) is 14.5 Å². The second-order valence-corrected chi connectivity index (χ2v) is 3.25. The van der Waals surface area contributed by atoms with Gasteiger partial charge in [0.05, 0.1) is 17.2 Å². The van der Waals surface area contributed by atoms with Crippen molar-refractivity contribution in [3.8, 4) is 0 Å². The summed E-state index contributed by atoms with van der Waals surface area (Å²) in [7, 11) is 0. The number of fused-ring (bicyclic) bond motifs is 1. The maximum absolute atomic E-state index is 4.18. The summed E-state index contributed by atoms with van der Waals surface area (Å²) in [6.07, 6.45) is 8.20. The van der Waals surface area contributed by atoms with E-state index >= 15 is 0 Å². The van der Waals surface area contributed by atoms with Gasteiger partial charge in [-0.3, -0.25) is 0 Å². The van der Waals surface area contributed by atoms with Gasteiger partial charge in [-0.05, 0) is 18.9 Å². The summed E-state index contributed by atoms with van der Waals surface area (Å²) >= 11 is 0. The van der Waals surface area contributed by atoms with E-state index in [0.29, 0.717) is 6.04 Å². The minimum absolute atomic E-state index is 0.716. The van der Waals surface area contributed by atoms with Gasteiger partial charge in [-0.1, -0.05) is 0 Å². The molecule has 2 heterocycles. The highest BCUT2D eigenvalue weighted by molar-refractivity contribution is 5.74. The van der Waals surface area contributed by atoms with Crippen LogP contribution in [0.4, 0.5) is 0 Å². The van der Waals surface area contributed by atoms with Crippen molar-refractivity contribution in [2.24, 2.45) is 0 Å². The SMILES string of the molecule is c1ncc2c(ccn2C2CC2)n1. The Bertz CT molecular complexity index is 414. The van der Waals surface area contributed by atoms with Crippen LogP contribution >= 0.6 is 0 Å². The van der Waals surface area contributed by atoms with Crippen molar-refractivity contribution >= 4 is 11.0 Å². The van der Waals surface area contributed by atoms with E-state index in [-0.39, 0.29) is 0 Å². The monoisotopic (exact) mass is 159 g/mol. The molecular formula is C9H9N3. The van der Waals surface area contributed by atoms with E-state index in [1.165, 1.54) is 18.4 Å². The molecule has 0 aromatic carbocycles. The molecule has 1 aliphatic rings. The van der Waals surface area contributed by atoms with Crippen LogP contribution in [0.1, 0.15) is 18.9 Å². The second kappa shape index (κ2) is 2.06. The number of aromatic nitrogens is 3. The predicted octanol–water partition coefficient (Wildman–Crippen LogP) is 1.77. The molecule has 2 aromatic rings. The lowest BCUT2D eigenvalue weighted by Crippen LogP contribution is -1.91. The Hall–Kier alpha value is -1.38. The van der Waals surface area contributed by atoms with Crippen molar-refractivity contribution in [2.75, 3.05) is 0 Å². The third-order valence-electron chi connectivity index (χ3n) is 2.33. The Labute approximate surface area is 70.1 Å². The van der Waals surface area contributed by atoms with E-state index < -0.39 is 0 Å². The summed E-state index contributed by atoms with van der Waals surface area (Å²) in [5, 5.41) is 0. The van der Waals surface area contributed by atoms with E-state index in [2.05, 4.69) is 26.8 Å². The smallest absolute Gasteiger partial charge is 0.116 e. The van der Waals surface area contributed by atoms with Gasteiger partial charge in [0, 0.05) is 12.2 Å².